The third-order valence-corrected chi connectivity index (χ3v) is 2.49. The van der Waals surface area contributed by atoms with E-state index in [9.17, 15) is 14.4 Å². The van der Waals surface area contributed by atoms with Crippen molar-refractivity contribution >= 4 is 29.8 Å². The monoisotopic (exact) mass is 283 g/mol. The Morgan fingerprint density at radius 2 is 1.89 bits per heavy atom. The van der Waals surface area contributed by atoms with Crippen LogP contribution in [0.3, 0.4) is 0 Å². The standard InChI is InChI=1S/C12H13NO5S/c14-10(15)6-9(11(16)19)13-12(17)18-7-8-4-2-1-3-5-8/h1-5,9H,6-7H2,(H,13,17)(H,14,15)(H,16,19). The maximum Gasteiger partial charge on any atom is 0.408 e. The maximum atomic E-state index is 11.4. The lowest BCUT2D eigenvalue weighted by molar-refractivity contribution is -0.138. The summed E-state index contributed by atoms with van der Waals surface area (Å²) in [5, 5.41) is 9.99. The highest BCUT2D eigenvalue weighted by molar-refractivity contribution is 7.96. The second-order valence-electron chi connectivity index (χ2n) is 3.69. The Morgan fingerprint density at radius 3 is 2.42 bits per heavy atom. The van der Waals surface area contributed by atoms with Crippen LogP contribution in [0.1, 0.15) is 12.0 Å². The van der Waals surface area contributed by atoms with Gasteiger partial charge in [0.1, 0.15) is 12.6 Å². The molecule has 0 saturated carbocycles. The summed E-state index contributed by atoms with van der Waals surface area (Å²) >= 11 is 3.51. The number of hydrogen-bond acceptors (Lipinski definition) is 4. The quantitative estimate of drug-likeness (QED) is 0.682. The lowest BCUT2D eigenvalue weighted by Gasteiger charge is -2.13. The van der Waals surface area contributed by atoms with E-state index in [2.05, 4.69) is 17.9 Å². The van der Waals surface area contributed by atoms with Crippen molar-refractivity contribution in [2.24, 2.45) is 0 Å². The van der Waals surface area contributed by atoms with Crippen molar-refractivity contribution in [3.8, 4) is 0 Å². The Morgan fingerprint density at radius 1 is 1.26 bits per heavy atom. The second kappa shape index (κ2) is 7.42. The zero-order valence-electron chi connectivity index (χ0n) is 9.91. The summed E-state index contributed by atoms with van der Waals surface area (Å²) in [7, 11) is 0. The van der Waals surface area contributed by atoms with Crippen LogP contribution in [0.5, 0.6) is 0 Å². The van der Waals surface area contributed by atoms with Gasteiger partial charge in [0.05, 0.1) is 6.42 Å². The second-order valence-corrected chi connectivity index (χ2v) is 4.14. The molecule has 0 aromatic heterocycles. The number of nitrogens with one attached hydrogen (secondary N) is 1. The lowest BCUT2D eigenvalue weighted by Crippen LogP contribution is -2.40. The Kier molecular flexibility index (Phi) is 5.87. The Bertz CT molecular complexity index is 462. The zero-order valence-corrected chi connectivity index (χ0v) is 10.8. The van der Waals surface area contributed by atoms with E-state index in [1.54, 1.807) is 24.3 Å². The van der Waals surface area contributed by atoms with Crippen LogP contribution >= 0.6 is 12.6 Å². The van der Waals surface area contributed by atoms with Crippen molar-refractivity contribution in [3.05, 3.63) is 35.9 Å². The molecule has 0 aliphatic rings. The molecular weight excluding hydrogens is 270 g/mol. The summed E-state index contributed by atoms with van der Waals surface area (Å²) in [6.45, 7) is 0.0349. The van der Waals surface area contributed by atoms with Gasteiger partial charge in [-0.3, -0.25) is 9.59 Å². The normalized spacial score (nSPS) is 11.4. The van der Waals surface area contributed by atoms with E-state index in [0.29, 0.717) is 0 Å². The van der Waals surface area contributed by atoms with Crippen molar-refractivity contribution in [1.82, 2.24) is 5.32 Å². The maximum absolute atomic E-state index is 11.4. The largest absolute Gasteiger partial charge is 0.481 e. The number of thiol groups is 1. The topological polar surface area (TPSA) is 92.7 Å². The highest BCUT2D eigenvalue weighted by Crippen LogP contribution is 2.02. The van der Waals surface area contributed by atoms with E-state index in [1.165, 1.54) is 0 Å². The summed E-state index contributed by atoms with van der Waals surface area (Å²) in [5.74, 6) is -1.21. The van der Waals surface area contributed by atoms with Crippen molar-refractivity contribution in [2.75, 3.05) is 0 Å². The fourth-order valence-electron chi connectivity index (χ4n) is 1.28. The van der Waals surface area contributed by atoms with Gasteiger partial charge in [-0.15, -0.1) is 12.6 Å². The lowest BCUT2D eigenvalue weighted by atomic mass is 10.2. The van der Waals surface area contributed by atoms with Crippen LogP contribution in [0.15, 0.2) is 30.3 Å². The molecule has 1 atom stereocenters. The number of alkyl carbamates (subject to hydrolysis) is 1. The molecule has 102 valence electrons. The Hall–Kier alpha value is -2.02. The number of rotatable bonds is 6. The molecule has 0 saturated heterocycles. The van der Waals surface area contributed by atoms with E-state index in [1.807, 2.05) is 6.07 Å². The molecule has 7 heteroatoms. The number of ether oxygens (including phenoxy) is 1. The molecule has 6 nitrogen and oxygen atoms in total. The highest BCUT2D eigenvalue weighted by atomic mass is 32.1. The van der Waals surface area contributed by atoms with Crippen LogP contribution < -0.4 is 5.32 Å². The average Bonchev–Trinajstić information content (AvgIpc) is 2.36. The predicted octanol–water partition coefficient (Wildman–Crippen LogP) is 1.21. The molecule has 0 radical (unpaired) electrons. The molecule has 1 rings (SSSR count). The van der Waals surface area contributed by atoms with Crippen LogP contribution in [-0.4, -0.2) is 28.3 Å². The van der Waals surface area contributed by atoms with Gasteiger partial charge in [0.15, 0.2) is 0 Å². The van der Waals surface area contributed by atoms with Gasteiger partial charge < -0.3 is 15.2 Å². The van der Waals surface area contributed by atoms with Crippen LogP contribution in [0.4, 0.5) is 4.79 Å². The molecule has 0 bridgehead atoms. The predicted molar refractivity (Wildman–Crippen MR) is 69.8 cm³/mol. The molecule has 1 aromatic carbocycles. The fraction of sp³-hybridized carbons (Fsp3) is 0.250. The minimum atomic E-state index is -1.21. The van der Waals surface area contributed by atoms with E-state index in [4.69, 9.17) is 9.84 Å². The van der Waals surface area contributed by atoms with Crippen molar-refractivity contribution < 1.29 is 24.2 Å². The molecule has 0 heterocycles. The van der Waals surface area contributed by atoms with E-state index in [0.717, 1.165) is 5.56 Å². The number of benzene rings is 1. The van der Waals surface area contributed by atoms with Gasteiger partial charge in [-0.05, 0) is 5.56 Å². The van der Waals surface area contributed by atoms with Gasteiger partial charge in [-0.2, -0.15) is 0 Å². The first-order valence-corrected chi connectivity index (χ1v) is 5.85. The summed E-state index contributed by atoms with van der Waals surface area (Å²) < 4.78 is 4.86. The third-order valence-electron chi connectivity index (χ3n) is 2.18. The van der Waals surface area contributed by atoms with Crippen molar-refractivity contribution in [1.29, 1.82) is 0 Å². The minimum Gasteiger partial charge on any atom is -0.481 e. The molecule has 2 N–H and O–H groups in total. The van der Waals surface area contributed by atoms with Crippen LogP contribution in [0.25, 0.3) is 0 Å². The fourth-order valence-corrected chi connectivity index (χ4v) is 1.44. The molecule has 0 fully saturated rings. The van der Waals surface area contributed by atoms with E-state index in [-0.39, 0.29) is 6.61 Å². The number of aliphatic carboxylic acids is 1. The first-order valence-electron chi connectivity index (χ1n) is 5.41. The molecular formula is C12H13NO5S. The van der Waals surface area contributed by atoms with E-state index < -0.39 is 29.6 Å². The molecule has 0 spiro atoms. The molecule has 0 aliphatic carbocycles. The van der Waals surface area contributed by atoms with Gasteiger partial charge in [-0.1, -0.05) is 30.3 Å². The minimum absolute atomic E-state index is 0.0349. The number of carboxylic acid groups (broad SMARTS) is 1. The third kappa shape index (κ3) is 5.91. The summed E-state index contributed by atoms with van der Waals surface area (Å²) in [6.07, 6.45) is -1.40. The number of carbonyl (C=O) groups excluding carboxylic acids is 2. The molecule has 1 aromatic rings. The summed E-state index contributed by atoms with van der Waals surface area (Å²) in [4.78, 5) is 32.9. The number of amides is 1. The van der Waals surface area contributed by atoms with Crippen LogP contribution in [0.2, 0.25) is 0 Å². The Balaban J connectivity index is 2.45. The van der Waals surface area contributed by atoms with Gasteiger partial charge >= 0.3 is 12.1 Å². The van der Waals surface area contributed by atoms with Crippen LogP contribution in [0, 0.1) is 0 Å². The molecule has 1 amide bonds. The first kappa shape index (κ1) is 15.0. The summed E-state index contributed by atoms with van der Waals surface area (Å²) in [5.41, 5.74) is 0.782. The summed E-state index contributed by atoms with van der Waals surface area (Å²) in [6, 6.07) is 7.75. The van der Waals surface area contributed by atoms with Gasteiger partial charge in [0, 0.05) is 0 Å². The van der Waals surface area contributed by atoms with E-state index >= 15 is 0 Å². The van der Waals surface area contributed by atoms with Gasteiger partial charge in [0.25, 0.3) is 0 Å². The first-order chi connectivity index (χ1) is 8.99. The number of carbonyl (C=O) groups is 3. The number of hydrogen-bond donors (Lipinski definition) is 3. The average molecular weight is 283 g/mol. The van der Waals surface area contributed by atoms with Crippen molar-refractivity contribution in [3.63, 3.8) is 0 Å². The zero-order chi connectivity index (χ0) is 14.3. The van der Waals surface area contributed by atoms with Gasteiger partial charge in [-0.25, -0.2) is 4.79 Å². The number of carboxylic acids is 1. The van der Waals surface area contributed by atoms with Crippen LogP contribution in [-0.2, 0) is 20.9 Å². The Labute approximate surface area is 115 Å². The smallest absolute Gasteiger partial charge is 0.408 e. The molecule has 1 unspecified atom stereocenters. The molecule has 19 heavy (non-hydrogen) atoms. The molecule has 0 aliphatic heterocycles. The van der Waals surface area contributed by atoms with Crippen molar-refractivity contribution in [2.45, 2.75) is 19.1 Å². The van der Waals surface area contributed by atoms with Gasteiger partial charge in [0.2, 0.25) is 5.12 Å². The SMILES string of the molecule is O=C(O)CC(NC(=O)OCc1ccccc1)C(=O)S. The highest BCUT2D eigenvalue weighted by Gasteiger charge is 2.21.